The maximum Gasteiger partial charge on any atom is 0.344 e. The second-order valence-corrected chi connectivity index (χ2v) is 6.32. The van der Waals surface area contributed by atoms with Gasteiger partial charge in [-0.25, -0.2) is 9.78 Å². The molecule has 0 saturated carbocycles. The van der Waals surface area contributed by atoms with Gasteiger partial charge in [-0.1, -0.05) is 18.2 Å². The van der Waals surface area contributed by atoms with Crippen LogP contribution in [0.15, 0.2) is 36.5 Å². The summed E-state index contributed by atoms with van der Waals surface area (Å²) in [5.41, 5.74) is 9.47. The average molecular weight is 377 g/mol. The van der Waals surface area contributed by atoms with E-state index in [9.17, 15) is 10.1 Å². The smallest absolute Gasteiger partial charge is 0.344 e. The number of hydrogen-bond acceptors (Lipinski definition) is 6. The standard InChI is InChI=1S/C20H19N5O3/c1-11-16(10-25(3)24-11)17-8-14(15(9-21)19(22)23-17)13-6-4-5-7-18(13)28-12(2)20(26)27/h4-8,10,12H,1-3H3,(H2,22,23)(H,26,27). The number of carbonyl (C=O) groups is 1. The fraction of sp³-hybridized carbons (Fsp3) is 0.200. The van der Waals surface area contributed by atoms with E-state index in [2.05, 4.69) is 16.2 Å². The molecular weight excluding hydrogens is 358 g/mol. The molecule has 0 aliphatic carbocycles. The SMILES string of the molecule is Cc1nn(C)cc1-c1cc(-c2ccccc2OC(C)C(=O)O)c(C#N)c(N)n1. The lowest BCUT2D eigenvalue weighted by Crippen LogP contribution is -2.23. The van der Waals surface area contributed by atoms with Crippen molar-refractivity contribution in [2.75, 3.05) is 5.73 Å². The van der Waals surface area contributed by atoms with E-state index in [0.717, 1.165) is 11.3 Å². The molecule has 8 nitrogen and oxygen atoms in total. The highest BCUT2D eigenvalue weighted by molar-refractivity contribution is 5.83. The number of nitrogen functional groups attached to an aromatic ring is 1. The molecule has 0 spiro atoms. The van der Waals surface area contributed by atoms with Crippen LogP contribution in [0.5, 0.6) is 5.75 Å². The molecule has 28 heavy (non-hydrogen) atoms. The van der Waals surface area contributed by atoms with Gasteiger partial charge < -0.3 is 15.6 Å². The number of pyridine rings is 1. The van der Waals surface area contributed by atoms with Crippen LogP contribution in [0.2, 0.25) is 0 Å². The molecule has 0 aliphatic heterocycles. The molecular formula is C20H19N5O3. The second-order valence-electron chi connectivity index (χ2n) is 6.32. The molecule has 0 aliphatic rings. The largest absolute Gasteiger partial charge is 0.479 e. The molecule has 2 aromatic heterocycles. The number of aryl methyl sites for hydroxylation is 2. The van der Waals surface area contributed by atoms with Crippen LogP contribution in [0.1, 0.15) is 18.2 Å². The summed E-state index contributed by atoms with van der Waals surface area (Å²) in [6, 6.07) is 10.7. The van der Waals surface area contributed by atoms with Crippen molar-refractivity contribution in [2.45, 2.75) is 20.0 Å². The van der Waals surface area contributed by atoms with E-state index in [1.165, 1.54) is 6.92 Å². The Balaban J connectivity index is 2.21. The van der Waals surface area contributed by atoms with Crippen molar-refractivity contribution >= 4 is 11.8 Å². The van der Waals surface area contributed by atoms with Gasteiger partial charge >= 0.3 is 5.97 Å². The third kappa shape index (κ3) is 3.50. The molecule has 1 aromatic carbocycles. The fourth-order valence-corrected chi connectivity index (χ4v) is 2.92. The predicted molar refractivity (Wildman–Crippen MR) is 103 cm³/mol. The van der Waals surface area contributed by atoms with Crippen LogP contribution in [0.3, 0.4) is 0 Å². The van der Waals surface area contributed by atoms with Crippen molar-refractivity contribution < 1.29 is 14.6 Å². The van der Waals surface area contributed by atoms with Gasteiger partial charge in [-0.15, -0.1) is 0 Å². The first kappa shape index (κ1) is 18.9. The Labute approximate surface area is 161 Å². The van der Waals surface area contributed by atoms with Crippen molar-refractivity contribution in [3.8, 4) is 34.2 Å². The molecule has 0 saturated heterocycles. The first-order valence-electron chi connectivity index (χ1n) is 8.52. The third-order valence-electron chi connectivity index (χ3n) is 4.28. The molecule has 3 N–H and O–H groups in total. The number of aromatic nitrogens is 3. The van der Waals surface area contributed by atoms with Crippen LogP contribution < -0.4 is 10.5 Å². The zero-order valence-corrected chi connectivity index (χ0v) is 15.7. The number of nitrogens with zero attached hydrogens (tertiary/aromatic N) is 4. The van der Waals surface area contributed by atoms with Crippen LogP contribution in [-0.4, -0.2) is 31.9 Å². The first-order valence-corrected chi connectivity index (χ1v) is 8.52. The number of benzene rings is 1. The number of para-hydroxylation sites is 1. The minimum atomic E-state index is -1.09. The van der Waals surface area contributed by atoms with E-state index in [1.807, 2.05) is 13.1 Å². The van der Waals surface area contributed by atoms with E-state index < -0.39 is 12.1 Å². The number of carboxylic acid groups (broad SMARTS) is 1. The molecule has 0 fully saturated rings. The number of nitriles is 1. The molecule has 142 valence electrons. The number of ether oxygens (including phenoxy) is 1. The van der Waals surface area contributed by atoms with Crippen molar-refractivity contribution in [1.29, 1.82) is 5.26 Å². The average Bonchev–Trinajstić information content (AvgIpc) is 2.99. The van der Waals surface area contributed by atoms with E-state index in [0.29, 0.717) is 22.6 Å². The Morgan fingerprint density at radius 3 is 2.64 bits per heavy atom. The van der Waals surface area contributed by atoms with E-state index in [4.69, 9.17) is 15.6 Å². The summed E-state index contributed by atoms with van der Waals surface area (Å²) in [4.78, 5) is 15.6. The van der Waals surface area contributed by atoms with Crippen LogP contribution in [0.4, 0.5) is 5.82 Å². The summed E-state index contributed by atoms with van der Waals surface area (Å²) in [6.45, 7) is 3.30. The molecule has 3 rings (SSSR count). The second kappa shape index (κ2) is 7.40. The summed E-state index contributed by atoms with van der Waals surface area (Å²) in [5.74, 6) is -0.663. The van der Waals surface area contributed by atoms with Crippen molar-refractivity contribution in [1.82, 2.24) is 14.8 Å². The molecule has 0 radical (unpaired) electrons. The van der Waals surface area contributed by atoms with Gasteiger partial charge in [0.1, 0.15) is 23.2 Å². The Kier molecular flexibility index (Phi) is 5.00. The summed E-state index contributed by atoms with van der Waals surface area (Å²) >= 11 is 0. The number of nitrogens with two attached hydrogens (primary N) is 1. The Bertz CT molecular complexity index is 1100. The lowest BCUT2D eigenvalue weighted by atomic mass is 9.98. The Morgan fingerprint density at radius 2 is 2.04 bits per heavy atom. The maximum atomic E-state index is 11.2. The van der Waals surface area contributed by atoms with Gasteiger partial charge in [0.05, 0.1) is 11.4 Å². The number of aliphatic carboxylic acids is 1. The highest BCUT2D eigenvalue weighted by Gasteiger charge is 2.20. The Morgan fingerprint density at radius 1 is 1.32 bits per heavy atom. The molecule has 8 heteroatoms. The highest BCUT2D eigenvalue weighted by Crippen LogP contribution is 2.37. The van der Waals surface area contributed by atoms with Crippen LogP contribution in [0, 0.1) is 18.3 Å². The lowest BCUT2D eigenvalue weighted by Gasteiger charge is -2.16. The summed E-state index contributed by atoms with van der Waals surface area (Å²) in [6.07, 6.45) is 0.771. The summed E-state index contributed by atoms with van der Waals surface area (Å²) in [5, 5.41) is 23.1. The van der Waals surface area contributed by atoms with E-state index in [-0.39, 0.29) is 11.4 Å². The minimum absolute atomic E-state index is 0.0827. The fourth-order valence-electron chi connectivity index (χ4n) is 2.92. The van der Waals surface area contributed by atoms with Gasteiger partial charge in [-0.3, -0.25) is 4.68 Å². The normalized spacial score (nSPS) is 11.6. The Hall–Kier alpha value is -3.86. The first-order chi connectivity index (χ1) is 13.3. The van der Waals surface area contributed by atoms with Crippen molar-refractivity contribution in [3.63, 3.8) is 0 Å². The van der Waals surface area contributed by atoms with Gasteiger partial charge in [0.15, 0.2) is 6.10 Å². The minimum Gasteiger partial charge on any atom is -0.479 e. The zero-order valence-electron chi connectivity index (χ0n) is 15.7. The maximum absolute atomic E-state index is 11.2. The molecule has 3 aromatic rings. The van der Waals surface area contributed by atoms with Crippen molar-refractivity contribution in [2.24, 2.45) is 7.05 Å². The zero-order chi connectivity index (χ0) is 20.4. The molecule has 1 unspecified atom stereocenters. The number of rotatable bonds is 5. The van der Waals surface area contributed by atoms with Crippen LogP contribution >= 0.6 is 0 Å². The van der Waals surface area contributed by atoms with Gasteiger partial charge in [0, 0.05) is 29.9 Å². The van der Waals surface area contributed by atoms with Gasteiger partial charge in [0.25, 0.3) is 0 Å². The number of hydrogen-bond donors (Lipinski definition) is 2. The molecule has 2 heterocycles. The van der Waals surface area contributed by atoms with Crippen molar-refractivity contribution in [3.05, 3.63) is 47.8 Å². The monoisotopic (exact) mass is 377 g/mol. The van der Waals surface area contributed by atoms with Crippen LogP contribution in [-0.2, 0) is 11.8 Å². The lowest BCUT2D eigenvalue weighted by molar-refractivity contribution is -0.144. The van der Waals surface area contributed by atoms with Gasteiger partial charge in [-0.2, -0.15) is 10.4 Å². The third-order valence-corrected chi connectivity index (χ3v) is 4.28. The number of carboxylic acids is 1. The van der Waals surface area contributed by atoms with Gasteiger partial charge in [-0.05, 0) is 26.0 Å². The molecule has 0 bridgehead atoms. The summed E-state index contributed by atoms with van der Waals surface area (Å²) in [7, 11) is 1.81. The van der Waals surface area contributed by atoms with E-state index >= 15 is 0 Å². The van der Waals surface area contributed by atoms with Gasteiger partial charge in [0.2, 0.25) is 0 Å². The number of anilines is 1. The summed E-state index contributed by atoms with van der Waals surface area (Å²) < 4.78 is 7.26. The topological polar surface area (TPSA) is 127 Å². The predicted octanol–water partition coefficient (Wildman–Crippen LogP) is 2.76. The highest BCUT2D eigenvalue weighted by atomic mass is 16.5. The van der Waals surface area contributed by atoms with E-state index in [1.54, 1.807) is 42.1 Å². The molecule has 1 atom stereocenters. The quantitative estimate of drug-likeness (QED) is 0.700. The van der Waals surface area contributed by atoms with Crippen LogP contribution in [0.25, 0.3) is 22.4 Å². The molecule has 0 amide bonds.